The molecule has 1 aliphatic heterocycles. The highest BCUT2D eigenvalue weighted by Gasteiger charge is 2.31. The molecular weight excluding hydrogens is 384 g/mol. The van der Waals surface area contributed by atoms with Gasteiger partial charge in [0.2, 0.25) is 10.0 Å². The van der Waals surface area contributed by atoms with Crippen LogP contribution in [0.3, 0.4) is 0 Å². The first-order valence-electron chi connectivity index (χ1n) is 9.78. The lowest BCUT2D eigenvalue weighted by molar-refractivity contribution is 0.0958. The van der Waals surface area contributed by atoms with E-state index in [2.05, 4.69) is 31.0 Å². The lowest BCUT2D eigenvalue weighted by atomic mass is 9.94. The highest BCUT2D eigenvalue weighted by atomic mass is 32.2. The van der Waals surface area contributed by atoms with Gasteiger partial charge in [-0.2, -0.15) is 4.31 Å². The Morgan fingerprint density at radius 2 is 1.66 bits per heavy atom. The van der Waals surface area contributed by atoms with E-state index < -0.39 is 10.0 Å². The highest BCUT2D eigenvalue weighted by molar-refractivity contribution is 7.89. The number of sulfonamides is 1. The Kier molecular flexibility index (Phi) is 6.73. The van der Waals surface area contributed by atoms with Crippen LogP contribution in [0, 0.1) is 23.7 Å². The predicted molar refractivity (Wildman–Crippen MR) is 114 cm³/mol. The number of rotatable bonds is 4. The Balaban J connectivity index is 1.62. The van der Waals surface area contributed by atoms with Gasteiger partial charge in [0.15, 0.2) is 0 Å². The van der Waals surface area contributed by atoms with Gasteiger partial charge in [-0.1, -0.05) is 43.9 Å². The second kappa shape index (κ2) is 9.25. The standard InChI is InChI=1S/C23H26N2O3S/c1-18-15-19(2)17-25(16-18)29(27,28)22-12-10-21(11-13-22)23(26)24-14-6-9-20-7-4-3-5-8-20/h3-5,7-8,10-13,18-19H,14-17H2,1-2H3,(H,24,26)/t18-,19+. The van der Waals surface area contributed by atoms with E-state index in [0.717, 1.165) is 12.0 Å². The molecule has 1 fully saturated rings. The molecule has 1 saturated heterocycles. The minimum Gasteiger partial charge on any atom is -0.341 e. The van der Waals surface area contributed by atoms with Crippen molar-refractivity contribution in [3.8, 4) is 11.8 Å². The van der Waals surface area contributed by atoms with E-state index >= 15 is 0 Å². The van der Waals surface area contributed by atoms with Gasteiger partial charge in [-0.25, -0.2) is 8.42 Å². The highest BCUT2D eigenvalue weighted by Crippen LogP contribution is 2.26. The summed E-state index contributed by atoms with van der Waals surface area (Å²) in [5.41, 5.74) is 1.29. The number of benzene rings is 2. The smallest absolute Gasteiger partial charge is 0.252 e. The number of nitrogens with one attached hydrogen (secondary N) is 1. The maximum absolute atomic E-state index is 12.9. The van der Waals surface area contributed by atoms with Gasteiger partial charge >= 0.3 is 0 Å². The van der Waals surface area contributed by atoms with Gasteiger partial charge in [-0.15, -0.1) is 0 Å². The molecule has 5 nitrogen and oxygen atoms in total. The van der Waals surface area contributed by atoms with Crippen LogP contribution in [-0.4, -0.2) is 38.3 Å². The molecule has 0 aromatic heterocycles. The molecule has 0 radical (unpaired) electrons. The molecule has 0 aliphatic carbocycles. The van der Waals surface area contributed by atoms with Crippen molar-refractivity contribution >= 4 is 15.9 Å². The molecule has 3 rings (SSSR count). The first kappa shape index (κ1) is 21.1. The van der Waals surface area contributed by atoms with Crippen molar-refractivity contribution in [2.24, 2.45) is 11.8 Å². The summed E-state index contributed by atoms with van der Waals surface area (Å²) in [5.74, 6) is 6.28. The molecular formula is C23H26N2O3S. The molecule has 0 saturated carbocycles. The first-order chi connectivity index (χ1) is 13.9. The van der Waals surface area contributed by atoms with Crippen LogP contribution in [0.15, 0.2) is 59.5 Å². The normalized spacial score (nSPS) is 19.8. The van der Waals surface area contributed by atoms with Crippen molar-refractivity contribution < 1.29 is 13.2 Å². The molecule has 0 bridgehead atoms. The van der Waals surface area contributed by atoms with Crippen molar-refractivity contribution in [1.29, 1.82) is 0 Å². The Labute approximate surface area is 173 Å². The average Bonchev–Trinajstić information content (AvgIpc) is 2.71. The SMILES string of the molecule is C[C@@H]1C[C@H](C)CN(S(=O)(=O)c2ccc(C(=O)NCC#Cc3ccccc3)cc2)C1. The minimum absolute atomic E-state index is 0.220. The van der Waals surface area contributed by atoms with E-state index in [1.54, 1.807) is 16.4 Å². The predicted octanol–water partition coefficient (Wildman–Crippen LogP) is 3.13. The van der Waals surface area contributed by atoms with Crippen LogP contribution in [-0.2, 0) is 10.0 Å². The number of nitrogens with zero attached hydrogens (tertiary/aromatic N) is 1. The molecule has 1 aliphatic rings. The summed E-state index contributed by atoms with van der Waals surface area (Å²) in [5, 5.41) is 2.73. The monoisotopic (exact) mass is 410 g/mol. The van der Waals surface area contributed by atoms with E-state index in [1.807, 2.05) is 30.3 Å². The Morgan fingerprint density at radius 3 is 2.28 bits per heavy atom. The maximum atomic E-state index is 12.9. The van der Waals surface area contributed by atoms with Crippen LogP contribution < -0.4 is 5.32 Å². The van der Waals surface area contributed by atoms with Gasteiger partial charge in [0, 0.05) is 24.2 Å². The first-order valence-corrected chi connectivity index (χ1v) is 11.2. The zero-order valence-electron chi connectivity index (χ0n) is 16.8. The molecule has 29 heavy (non-hydrogen) atoms. The van der Waals surface area contributed by atoms with E-state index in [-0.39, 0.29) is 17.3 Å². The van der Waals surface area contributed by atoms with Gasteiger partial charge in [0.05, 0.1) is 11.4 Å². The Hall–Kier alpha value is -2.62. The quantitative estimate of drug-likeness (QED) is 0.788. The maximum Gasteiger partial charge on any atom is 0.252 e. The number of carbonyl (C=O) groups excluding carboxylic acids is 1. The number of hydrogen-bond donors (Lipinski definition) is 1. The topological polar surface area (TPSA) is 66.5 Å². The zero-order valence-corrected chi connectivity index (χ0v) is 17.6. The summed E-state index contributed by atoms with van der Waals surface area (Å²) in [6.45, 7) is 5.44. The van der Waals surface area contributed by atoms with E-state index in [0.29, 0.717) is 30.5 Å². The minimum atomic E-state index is -3.54. The summed E-state index contributed by atoms with van der Waals surface area (Å²) < 4.78 is 27.4. The van der Waals surface area contributed by atoms with E-state index in [4.69, 9.17) is 0 Å². The third-order valence-corrected chi connectivity index (χ3v) is 6.78. The van der Waals surface area contributed by atoms with Crippen molar-refractivity contribution in [2.75, 3.05) is 19.6 Å². The average molecular weight is 411 g/mol. The van der Waals surface area contributed by atoms with Gasteiger partial charge in [0.25, 0.3) is 5.91 Å². The van der Waals surface area contributed by atoms with Gasteiger partial charge in [-0.3, -0.25) is 4.79 Å². The molecule has 6 heteroatoms. The van der Waals surface area contributed by atoms with Crippen LogP contribution >= 0.6 is 0 Å². The fraction of sp³-hybridized carbons (Fsp3) is 0.348. The second-order valence-corrected chi connectivity index (χ2v) is 9.58. The summed E-state index contributed by atoms with van der Waals surface area (Å²) in [7, 11) is -3.54. The molecule has 2 aromatic rings. The van der Waals surface area contributed by atoms with Crippen LogP contribution in [0.5, 0.6) is 0 Å². The van der Waals surface area contributed by atoms with Crippen molar-refractivity contribution in [2.45, 2.75) is 25.2 Å². The van der Waals surface area contributed by atoms with Crippen LogP contribution in [0.1, 0.15) is 36.2 Å². The molecule has 1 heterocycles. The van der Waals surface area contributed by atoms with Crippen LogP contribution in [0.2, 0.25) is 0 Å². The Bertz CT molecular complexity index is 996. The van der Waals surface area contributed by atoms with Crippen molar-refractivity contribution in [1.82, 2.24) is 9.62 Å². The fourth-order valence-corrected chi connectivity index (χ4v) is 5.30. The summed E-state index contributed by atoms with van der Waals surface area (Å²) in [6, 6.07) is 15.6. The summed E-state index contributed by atoms with van der Waals surface area (Å²) in [6.07, 6.45) is 1.04. The molecule has 2 aromatic carbocycles. The number of piperidine rings is 1. The molecule has 2 atom stereocenters. The largest absolute Gasteiger partial charge is 0.341 e. The zero-order chi connectivity index (χ0) is 20.9. The van der Waals surface area contributed by atoms with Crippen molar-refractivity contribution in [3.05, 3.63) is 65.7 Å². The second-order valence-electron chi connectivity index (χ2n) is 7.64. The fourth-order valence-electron chi connectivity index (χ4n) is 3.62. The Morgan fingerprint density at radius 1 is 1.03 bits per heavy atom. The summed E-state index contributed by atoms with van der Waals surface area (Å²) in [4.78, 5) is 12.5. The molecule has 152 valence electrons. The number of hydrogen-bond acceptors (Lipinski definition) is 3. The van der Waals surface area contributed by atoms with E-state index in [9.17, 15) is 13.2 Å². The molecule has 1 N–H and O–H groups in total. The lowest BCUT2D eigenvalue weighted by Gasteiger charge is -2.34. The van der Waals surface area contributed by atoms with Crippen LogP contribution in [0.25, 0.3) is 0 Å². The van der Waals surface area contributed by atoms with Crippen LogP contribution in [0.4, 0.5) is 0 Å². The molecule has 0 unspecified atom stereocenters. The summed E-state index contributed by atoms with van der Waals surface area (Å²) >= 11 is 0. The van der Waals surface area contributed by atoms with Gasteiger partial charge < -0.3 is 5.32 Å². The number of carbonyl (C=O) groups is 1. The van der Waals surface area contributed by atoms with Crippen molar-refractivity contribution in [3.63, 3.8) is 0 Å². The number of amides is 1. The van der Waals surface area contributed by atoms with E-state index in [1.165, 1.54) is 12.1 Å². The molecule has 0 spiro atoms. The van der Waals surface area contributed by atoms with Gasteiger partial charge in [0.1, 0.15) is 0 Å². The lowest BCUT2D eigenvalue weighted by Crippen LogP contribution is -2.42. The van der Waals surface area contributed by atoms with Gasteiger partial charge in [-0.05, 0) is 54.7 Å². The third kappa shape index (κ3) is 5.47. The third-order valence-electron chi connectivity index (χ3n) is 4.93. The molecule has 1 amide bonds.